The molecule has 110 valence electrons. The maximum Gasteiger partial charge on any atom is 0.145 e. The van der Waals surface area contributed by atoms with Crippen LogP contribution in [0, 0.1) is 0 Å². The number of carbonyl (C=O) groups is 1. The lowest BCUT2D eigenvalue weighted by atomic mass is 10.2. The summed E-state index contributed by atoms with van der Waals surface area (Å²) in [5.41, 5.74) is 2.74. The van der Waals surface area contributed by atoms with Gasteiger partial charge in [-0.1, -0.05) is 31.4 Å². The lowest BCUT2D eigenvalue weighted by Crippen LogP contribution is -1.78. The van der Waals surface area contributed by atoms with Gasteiger partial charge in [0.25, 0.3) is 0 Å². The van der Waals surface area contributed by atoms with E-state index < -0.39 is 0 Å². The maximum atomic E-state index is 10.6. The monoisotopic (exact) mass is 300 g/mol. The van der Waals surface area contributed by atoms with Gasteiger partial charge in [-0.15, -0.1) is 11.3 Å². The fraction of sp³-hybridized carbons (Fsp3) is 0.167. The first-order valence-corrected chi connectivity index (χ1v) is 7.30. The Morgan fingerprint density at radius 2 is 1.81 bits per heavy atom. The SMILES string of the molecule is C=C(/C=C\C(=C)c1ccc(/C(C)=C/C=C(\C)C=O)s1)OC. The lowest BCUT2D eigenvalue weighted by molar-refractivity contribution is -0.104. The van der Waals surface area contributed by atoms with Crippen molar-refractivity contribution in [2.75, 3.05) is 7.11 Å². The summed E-state index contributed by atoms with van der Waals surface area (Å²) < 4.78 is 4.98. The average molecular weight is 300 g/mol. The van der Waals surface area contributed by atoms with Gasteiger partial charge in [0.2, 0.25) is 0 Å². The molecule has 0 saturated heterocycles. The molecule has 0 atom stereocenters. The number of ether oxygens (including phenoxy) is 1. The van der Waals surface area contributed by atoms with Gasteiger partial charge in [0.1, 0.15) is 12.0 Å². The zero-order valence-corrected chi connectivity index (χ0v) is 13.5. The normalized spacial score (nSPS) is 12.5. The summed E-state index contributed by atoms with van der Waals surface area (Å²) in [6, 6.07) is 4.09. The van der Waals surface area contributed by atoms with Crippen molar-refractivity contribution in [3.63, 3.8) is 0 Å². The Hall–Kier alpha value is -2.13. The van der Waals surface area contributed by atoms with Gasteiger partial charge in [0, 0.05) is 9.75 Å². The third-order valence-corrected chi connectivity index (χ3v) is 4.12. The molecule has 1 heterocycles. The predicted molar refractivity (Wildman–Crippen MR) is 92.1 cm³/mol. The summed E-state index contributed by atoms with van der Waals surface area (Å²) in [5.74, 6) is 0.596. The molecule has 21 heavy (non-hydrogen) atoms. The fourth-order valence-electron chi connectivity index (χ4n) is 1.44. The number of hydrogen-bond acceptors (Lipinski definition) is 3. The van der Waals surface area contributed by atoms with E-state index in [1.54, 1.807) is 31.4 Å². The van der Waals surface area contributed by atoms with Crippen LogP contribution >= 0.6 is 11.3 Å². The second kappa shape index (κ2) is 8.22. The van der Waals surface area contributed by atoms with E-state index in [0.29, 0.717) is 11.3 Å². The number of thiophene rings is 1. The molecule has 0 unspecified atom stereocenters. The van der Waals surface area contributed by atoms with Gasteiger partial charge in [-0.2, -0.15) is 0 Å². The van der Waals surface area contributed by atoms with Gasteiger partial charge in [-0.05, 0) is 48.8 Å². The van der Waals surface area contributed by atoms with Crippen LogP contribution in [0.3, 0.4) is 0 Å². The zero-order chi connectivity index (χ0) is 15.8. The van der Waals surface area contributed by atoms with E-state index in [1.807, 2.05) is 31.2 Å². The zero-order valence-electron chi connectivity index (χ0n) is 12.7. The topological polar surface area (TPSA) is 26.3 Å². The highest BCUT2D eigenvalue weighted by atomic mass is 32.1. The number of aldehydes is 1. The van der Waals surface area contributed by atoms with Crippen molar-refractivity contribution >= 4 is 28.8 Å². The van der Waals surface area contributed by atoms with Crippen LogP contribution in [-0.4, -0.2) is 13.4 Å². The highest BCUT2D eigenvalue weighted by Gasteiger charge is 2.03. The summed E-state index contributed by atoms with van der Waals surface area (Å²) in [6.45, 7) is 11.6. The number of hydrogen-bond donors (Lipinski definition) is 0. The number of methoxy groups -OCH3 is 1. The van der Waals surface area contributed by atoms with Crippen LogP contribution < -0.4 is 0 Å². The Labute approximate surface area is 130 Å². The molecular formula is C18H20O2S. The number of rotatable bonds is 7. The van der Waals surface area contributed by atoms with Crippen LogP contribution in [0.1, 0.15) is 23.6 Å². The van der Waals surface area contributed by atoms with Gasteiger partial charge in [-0.3, -0.25) is 4.79 Å². The standard InChI is InChI=1S/C18H20O2S/c1-13(12-19)6-7-14(2)17-10-11-18(21-17)15(3)8-9-16(4)20-5/h6-12H,3-4H2,1-2,5H3/b9-8-,13-6+,14-7+. The van der Waals surface area contributed by atoms with Crippen LogP contribution in [0.4, 0.5) is 0 Å². The van der Waals surface area contributed by atoms with E-state index in [4.69, 9.17) is 4.74 Å². The van der Waals surface area contributed by atoms with Crippen LogP contribution in [0.5, 0.6) is 0 Å². The van der Waals surface area contributed by atoms with E-state index in [9.17, 15) is 4.79 Å². The highest BCUT2D eigenvalue weighted by Crippen LogP contribution is 2.29. The van der Waals surface area contributed by atoms with Crippen molar-refractivity contribution in [2.24, 2.45) is 0 Å². The van der Waals surface area contributed by atoms with Gasteiger partial charge < -0.3 is 4.74 Å². The minimum atomic E-state index is 0.596. The van der Waals surface area contributed by atoms with Crippen molar-refractivity contribution in [1.29, 1.82) is 0 Å². The van der Waals surface area contributed by atoms with E-state index in [1.165, 1.54) is 0 Å². The molecular weight excluding hydrogens is 280 g/mol. The quantitative estimate of drug-likeness (QED) is 0.306. The second-order valence-electron chi connectivity index (χ2n) is 4.57. The molecule has 0 aromatic carbocycles. The molecule has 0 fully saturated rings. The van der Waals surface area contributed by atoms with Gasteiger partial charge >= 0.3 is 0 Å². The Kier molecular flexibility index (Phi) is 6.63. The Bertz CT molecular complexity index is 627. The molecule has 1 rings (SSSR count). The molecule has 0 aliphatic heterocycles. The Balaban J connectivity index is 2.86. The van der Waals surface area contributed by atoms with E-state index in [0.717, 1.165) is 27.2 Å². The molecule has 0 radical (unpaired) electrons. The van der Waals surface area contributed by atoms with Crippen molar-refractivity contribution in [3.05, 3.63) is 70.7 Å². The maximum absolute atomic E-state index is 10.6. The second-order valence-corrected chi connectivity index (χ2v) is 5.65. The van der Waals surface area contributed by atoms with Gasteiger partial charge in [0.15, 0.2) is 0 Å². The summed E-state index contributed by atoms with van der Waals surface area (Å²) in [5, 5.41) is 0. The minimum Gasteiger partial charge on any atom is -0.497 e. The van der Waals surface area contributed by atoms with Crippen molar-refractivity contribution in [2.45, 2.75) is 13.8 Å². The third-order valence-electron chi connectivity index (χ3n) is 2.83. The highest BCUT2D eigenvalue weighted by molar-refractivity contribution is 7.14. The predicted octanol–water partition coefficient (Wildman–Crippen LogP) is 5.03. The minimum absolute atomic E-state index is 0.596. The first-order chi connectivity index (χ1) is 9.97. The smallest absolute Gasteiger partial charge is 0.145 e. The van der Waals surface area contributed by atoms with Crippen LogP contribution in [0.15, 0.2) is 60.9 Å². The average Bonchev–Trinajstić information content (AvgIpc) is 2.99. The molecule has 3 heteroatoms. The Morgan fingerprint density at radius 1 is 1.14 bits per heavy atom. The molecule has 0 bridgehead atoms. The number of carbonyl (C=O) groups excluding carboxylic acids is 1. The molecule has 0 aliphatic carbocycles. The summed E-state index contributed by atoms with van der Waals surface area (Å²) in [6.07, 6.45) is 8.29. The van der Waals surface area contributed by atoms with Gasteiger partial charge in [0.05, 0.1) is 7.11 Å². The summed E-state index contributed by atoms with van der Waals surface area (Å²) in [7, 11) is 1.58. The van der Waals surface area contributed by atoms with E-state index >= 15 is 0 Å². The Morgan fingerprint density at radius 3 is 2.43 bits per heavy atom. The summed E-state index contributed by atoms with van der Waals surface area (Å²) in [4.78, 5) is 12.8. The van der Waals surface area contributed by atoms with Crippen molar-refractivity contribution in [3.8, 4) is 0 Å². The molecule has 2 nitrogen and oxygen atoms in total. The fourth-order valence-corrected chi connectivity index (χ4v) is 2.38. The molecule has 1 aromatic heterocycles. The van der Waals surface area contributed by atoms with Crippen LogP contribution in [-0.2, 0) is 9.53 Å². The molecule has 0 aliphatic rings. The molecule has 0 saturated carbocycles. The number of allylic oxidation sites excluding steroid dienone is 7. The lowest BCUT2D eigenvalue weighted by Gasteiger charge is -1.98. The molecule has 0 amide bonds. The van der Waals surface area contributed by atoms with E-state index in [2.05, 4.69) is 19.2 Å². The van der Waals surface area contributed by atoms with Crippen molar-refractivity contribution in [1.82, 2.24) is 0 Å². The van der Waals surface area contributed by atoms with Crippen LogP contribution in [0.2, 0.25) is 0 Å². The molecule has 1 aromatic rings. The largest absolute Gasteiger partial charge is 0.497 e. The van der Waals surface area contributed by atoms with E-state index in [-0.39, 0.29) is 0 Å². The summed E-state index contributed by atoms with van der Waals surface area (Å²) >= 11 is 1.66. The first kappa shape index (κ1) is 16.9. The van der Waals surface area contributed by atoms with Crippen LogP contribution in [0.25, 0.3) is 11.1 Å². The molecule has 0 spiro atoms. The van der Waals surface area contributed by atoms with Crippen molar-refractivity contribution < 1.29 is 9.53 Å². The first-order valence-electron chi connectivity index (χ1n) is 6.48. The molecule has 0 N–H and O–H groups in total. The van der Waals surface area contributed by atoms with Gasteiger partial charge in [-0.25, -0.2) is 0 Å². The third kappa shape index (κ3) is 5.40.